The van der Waals surface area contributed by atoms with Crippen LogP contribution in [0.5, 0.6) is 0 Å². The Morgan fingerprint density at radius 1 is 1.41 bits per heavy atom. The van der Waals surface area contributed by atoms with E-state index in [1.54, 1.807) is 23.3 Å². The number of aliphatic hydroxyl groups excluding tert-OH is 1. The molecule has 17 heavy (non-hydrogen) atoms. The minimum absolute atomic E-state index is 0.702. The third-order valence-corrected chi connectivity index (χ3v) is 3.18. The molecule has 0 spiro atoms. The first-order valence-electron chi connectivity index (χ1n) is 5.51. The maximum atomic E-state index is 10.3. The van der Waals surface area contributed by atoms with Crippen molar-refractivity contribution in [3.8, 4) is 0 Å². The third-order valence-electron chi connectivity index (χ3n) is 2.57. The predicted octanol–water partition coefficient (Wildman–Crippen LogP) is 1.87. The lowest BCUT2D eigenvalue weighted by molar-refractivity contribution is 0.206. The van der Waals surface area contributed by atoms with Gasteiger partial charge in [0.1, 0.15) is 6.10 Å². The van der Waals surface area contributed by atoms with E-state index >= 15 is 0 Å². The van der Waals surface area contributed by atoms with Gasteiger partial charge in [0.05, 0.1) is 22.6 Å². The fourth-order valence-electron chi connectivity index (χ4n) is 1.77. The fraction of sp³-hybridized carbons (Fsp3) is 0.455. The van der Waals surface area contributed by atoms with Gasteiger partial charge in [0.15, 0.2) is 0 Å². The summed E-state index contributed by atoms with van der Waals surface area (Å²) in [6, 6.07) is 0. The monoisotopic (exact) mass is 298 g/mol. The Hall–Kier alpha value is -1.14. The molecular formula is C11H15BrN4O. The van der Waals surface area contributed by atoms with Gasteiger partial charge in [-0.15, -0.1) is 0 Å². The molecule has 5 nitrogen and oxygen atoms in total. The first-order chi connectivity index (χ1) is 8.13. The van der Waals surface area contributed by atoms with Crippen LogP contribution in [0.15, 0.2) is 23.1 Å². The zero-order valence-corrected chi connectivity index (χ0v) is 11.4. The largest absolute Gasteiger partial charge is 0.382 e. The Morgan fingerprint density at radius 2 is 2.18 bits per heavy atom. The summed E-state index contributed by atoms with van der Waals surface area (Å²) in [6.07, 6.45) is 5.46. The van der Waals surface area contributed by atoms with Gasteiger partial charge in [-0.1, -0.05) is 6.92 Å². The minimum atomic E-state index is -0.702. The van der Waals surface area contributed by atoms with Crippen molar-refractivity contribution in [2.45, 2.75) is 26.0 Å². The van der Waals surface area contributed by atoms with Crippen LogP contribution in [-0.4, -0.2) is 24.7 Å². The van der Waals surface area contributed by atoms with Gasteiger partial charge in [0.2, 0.25) is 0 Å². The molecule has 2 heterocycles. The van der Waals surface area contributed by atoms with E-state index in [-0.39, 0.29) is 0 Å². The number of nitrogens with zero attached hydrogens (tertiary/aromatic N) is 4. The second-order valence-electron chi connectivity index (χ2n) is 3.95. The summed E-state index contributed by atoms with van der Waals surface area (Å²) in [7, 11) is 1.83. The van der Waals surface area contributed by atoms with Crippen LogP contribution < -0.4 is 0 Å². The Morgan fingerprint density at radius 3 is 2.76 bits per heavy atom. The van der Waals surface area contributed by atoms with Crippen LogP contribution in [-0.2, 0) is 13.6 Å². The number of aryl methyl sites for hydroxylation is 2. The van der Waals surface area contributed by atoms with Crippen molar-refractivity contribution in [3.05, 3.63) is 34.3 Å². The summed E-state index contributed by atoms with van der Waals surface area (Å²) in [6.45, 7) is 2.87. The van der Waals surface area contributed by atoms with Crippen molar-refractivity contribution in [2.24, 2.45) is 7.05 Å². The van der Waals surface area contributed by atoms with Crippen LogP contribution >= 0.6 is 15.9 Å². The molecule has 0 fully saturated rings. The van der Waals surface area contributed by atoms with Gasteiger partial charge < -0.3 is 5.11 Å². The van der Waals surface area contributed by atoms with E-state index < -0.39 is 6.10 Å². The molecule has 0 bridgehead atoms. The van der Waals surface area contributed by atoms with E-state index in [2.05, 4.69) is 33.1 Å². The normalized spacial score (nSPS) is 12.9. The molecule has 1 atom stereocenters. The molecule has 92 valence electrons. The summed E-state index contributed by atoms with van der Waals surface area (Å²) in [5.74, 6) is 0. The molecule has 2 aromatic heterocycles. The average molecular weight is 299 g/mol. The van der Waals surface area contributed by atoms with Crippen LogP contribution in [0.4, 0.5) is 0 Å². The second-order valence-corrected chi connectivity index (χ2v) is 4.81. The molecule has 0 aliphatic rings. The van der Waals surface area contributed by atoms with Gasteiger partial charge in [0, 0.05) is 25.4 Å². The van der Waals surface area contributed by atoms with E-state index in [1.807, 2.05) is 11.7 Å². The number of rotatable bonds is 4. The SMILES string of the molecule is CCCn1ncc(Br)c1C(O)c1cnn(C)c1. The van der Waals surface area contributed by atoms with Gasteiger partial charge in [-0.3, -0.25) is 9.36 Å². The van der Waals surface area contributed by atoms with Crippen molar-refractivity contribution in [2.75, 3.05) is 0 Å². The first-order valence-corrected chi connectivity index (χ1v) is 6.30. The summed E-state index contributed by atoms with van der Waals surface area (Å²) in [5, 5.41) is 18.6. The van der Waals surface area contributed by atoms with E-state index in [4.69, 9.17) is 0 Å². The van der Waals surface area contributed by atoms with Crippen molar-refractivity contribution in [3.63, 3.8) is 0 Å². The zero-order valence-electron chi connectivity index (χ0n) is 9.84. The summed E-state index contributed by atoms with van der Waals surface area (Å²) < 4.78 is 4.32. The van der Waals surface area contributed by atoms with Crippen LogP contribution in [0.1, 0.15) is 30.7 Å². The van der Waals surface area contributed by atoms with Gasteiger partial charge in [-0.25, -0.2) is 0 Å². The zero-order chi connectivity index (χ0) is 12.4. The van der Waals surface area contributed by atoms with Gasteiger partial charge >= 0.3 is 0 Å². The molecule has 0 radical (unpaired) electrons. The number of hydrogen-bond acceptors (Lipinski definition) is 3. The van der Waals surface area contributed by atoms with Gasteiger partial charge in [0.25, 0.3) is 0 Å². The summed E-state index contributed by atoms with van der Waals surface area (Å²) in [5.41, 5.74) is 1.55. The number of aliphatic hydroxyl groups is 1. The topological polar surface area (TPSA) is 55.9 Å². The maximum Gasteiger partial charge on any atom is 0.125 e. The highest BCUT2D eigenvalue weighted by atomic mass is 79.9. The van der Waals surface area contributed by atoms with Crippen LogP contribution in [0.2, 0.25) is 0 Å². The molecule has 0 saturated heterocycles. The van der Waals surface area contributed by atoms with Crippen LogP contribution in [0.25, 0.3) is 0 Å². The van der Waals surface area contributed by atoms with E-state index in [1.165, 1.54) is 0 Å². The molecule has 2 rings (SSSR count). The Balaban J connectivity index is 2.35. The molecular weight excluding hydrogens is 284 g/mol. The maximum absolute atomic E-state index is 10.3. The van der Waals surface area contributed by atoms with E-state index in [0.29, 0.717) is 0 Å². The summed E-state index contributed by atoms with van der Waals surface area (Å²) >= 11 is 3.42. The molecule has 2 aromatic rings. The molecule has 0 amide bonds. The smallest absolute Gasteiger partial charge is 0.125 e. The Labute approximate surface area is 108 Å². The van der Waals surface area contributed by atoms with Crippen molar-refractivity contribution < 1.29 is 5.11 Å². The van der Waals surface area contributed by atoms with Crippen LogP contribution in [0.3, 0.4) is 0 Å². The molecule has 0 aromatic carbocycles. The quantitative estimate of drug-likeness (QED) is 0.937. The predicted molar refractivity (Wildman–Crippen MR) is 67.5 cm³/mol. The second kappa shape index (κ2) is 5.01. The first kappa shape index (κ1) is 12.3. The highest BCUT2D eigenvalue weighted by Crippen LogP contribution is 2.28. The fourth-order valence-corrected chi connectivity index (χ4v) is 2.29. The lowest BCUT2D eigenvalue weighted by Crippen LogP contribution is -2.10. The standard InChI is InChI=1S/C11H15BrN4O/c1-3-4-16-10(9(12)6-14-16)11(17)8-5-13-15(2)7-8/h5-7,11,17H,3-4H2,1-2H3. The van der Waals surface area contributed by atoms with Crippen molar-refractivity contribution >= 4 is 15.9 Å². The number of hydrogen-bond donors (Lipinski definition) is 1. The minimum Gasteiger partial charge on any atom is -0.382 e. The van der Waals surface area contributed by atoms with Crippen molar-refractivity contribution in [1.29, 1.82) is 0 Å². The van der Waals surface area contributed by atoms with Crippen LogP contribution in [0, 0.1) is 0 Å². The highest BCUT2D eigenvalue weighted by molar-refractivity contribution is 9.10. The molecule has 0 aliphatic carbocycles. The molecule has 0 aliphatic heterocycles. The van der Waals surface area contributed by atoms with Crippen molar-refractivity contribution in [1.82, 2.24) is 19.6 Å². The number of aromatic nitrogens is 4. The Bertz CT molecular complexity index is 505. The summed E-state index contributed by atoms with van der Waals surface area (Å²) in [4.78, 5) is 0. The third kappa shape index (κ3) is 2.42. The molecule has 1 unspecified atom stereocenters. The van der Waals surface area contributed by atoms with E-state index in [9.17, 15) is 5.11 Å². The van der Waals surface area contributed by atoms with Gasteiger partial charge in [-0.2, -0.15) is 10.2 Å². The molecule has 0 saturated carbocycles. The number of halogens is 1. The average Bonchev–Trinajstić information content (AvgIpc) is 2.86. The lowest BCUT2D eigenvalue weighted by atomic mass is 10.1. The van der Waals surface area contributed by atoms with Gasteiger partial charge in [-0.05, 0) is 22.4 Å². The molecule has 1 N–H and O–H groups in total. The lowest BCUT2D eigenvalue weighted by Gasteiger charge is -2.12. The Kier molecular flexibility index (Phi) is 3.63. The highest BCUT2D eigenvalue weighted by Gasteiger charge is 2.20. The van der Waals surface area contributed by atoms with E-state index in [0.717, 1.165) is 28.7 Å². The molecule has 6 heteroatoms.